The number of fused-ring (bicyclic) bond motifs is 1. The van der Waals surface area contributed by atoms with E-state index in [1.54, 1.807) is 24.8 Å². The number of imidazole rings is 1. The minimum Gasteiger partial charge on any atom is -0.506 e. The summed E-state index contributed by atoms with van der Waals surface area (Å²) in [5.74, 6) is 0.590. The van der Waals surface area contributed by atoms with Crippen molar-refractivity contribution in [3.05, 3.63) is 31.0 Å². The van der Waals surface area contributed by atoms with Crippen LogP contribution in [0.1, 0.15) is 0 Å². The van der Waals surface area contributed by atoms with E-state index in [1.165, 1.54) is 6.20 Å². The highest BCUT2D eigenvalue weighted by Gasteiger charge is 2.07. The summed E-state index contributed by atoms with van der Waals surface area (Å²) in [6, 6.07) is 1.57. The van der Waals surface area contributed by atoms with Crippen LogP contribution in [0.3, 0.4) is 0 Å². The molecule has 0 atom stereocenters. The molecule has 6 heteroatoms. The highest BCUT2D eigenvalue weighted by Crippen LogP contribution is 2.19. The van der Waals surface area contributed by atoms with Crippen LogP contribution in [0.4, 0.5) is 0 Å². The molecule has 3 aromatic heterocycles. The van der Waals surface area contributed by atoms with Crippen LogP contribution in [-0.4, -0.2) is 29.6 Å². The molecule has 0 fully saturated rings. The van der Waals surface area contributed by atoms with Crippen molar-refractivity contribution in [2.45, 2.75) is 0 Å². The monoisotopic (exact) mass is 227 g/mol. The van der Waals surface area contributed by atoms with Crippen LogP contribution < -0.4 is 0 Å². The molecule has 84 valence electrons. The molecule has 0 aliphatic rings. The Balaban J connectivity index is 2.18. The zero-order valence-electron chi connectivity index (χ0n) is 9.07. The summed E-state index contributed by atoms with van der Waals surface area (Å²) in [5.41, 5.74) is 2.15. The van der Waals surface area contributed by atoms with Crippen molar-refractivity contribution in [2.75, 3.05) is 0 Å². The number of hydrogen-bond donors (Lipinski definition) is 1. The molecule has 0 radical (unpaired) electrons. The molecule has 0 amide bonds. The molecule has 0 spiro atoms. The Kier molecular flexibility index (Phi) is 2.01. The Morgan fingerprint density at radius 2 is 2.06 bits per heavy atom. The van der Waals surface area contributed by atoms with Crippen molar-refractivity contribution in [3.8, 4) is 17.1 Å². The van der Waals surface area contributed by atoms with Crippen LogP contribution in [0.15, 0.2) is 31.0 Å². The van der Waals surface area contributed by atoms with Crippen molar-refractivity contribution >= 4 is 11.2 Å². The quantitative estimate of drug-likeness (QED) is 0.674. The summed E-state index contributed by atoms with van der Waals surface area (Å²) in [6.07, 6.45) is 6.35. The molecule has 0 bridgehead atoms. The number of aryl methyl sites for hydroxylation is 1. The van der Waals surface area contributed by atoms with Gasteiger partial charge in [0.2, 0.25) is 0 Å². The van der Waals surface area contributed by atoms with E-state index < -0.39 is 0 Å². The molecule has 0 saturated heterocycles. The fraction of sp³-hybridized carbons (Fsp3) is 0.0909. The summed E-state index contributed by atoms with van der Waals surface area (Å²) in [4.78, 5) is 16.6. The first-order valence-electron chi connectivity index (χ1n) is 5.02. The van der Waals surface area contributed by atoms with Crippen LogP contribution in [0.5, 0.6) is 5.75 Å². The van der Waals surface area contributed by atoms with E-state index in [0.717, 1.165) is 5.52 Å². The molecule has 0 unspecified atom stereocenters. The van der Waals surface area contributed by atoms with Crippen LogP contribution >= 0.6 is 0 Å². The Morgan fingerprint density at radius 1 is 1.18 bits per heavy atom. The third-order valence-corrected chi connectivity index (χ3v) is 2.47. The lowest BCUT2D eigenvalue weighted by Crippen LogP contribution is -1.92. The predicted molar refractivity (Wildman–Crippen MR) is 61.2 cm³/mol. The van der Waals surface area contributed by atoms with Gasteiger partial charge in [0.05, 0.1) is 18.7 Å². The molecular formula is C11H9N5O. The summed E-state index contributed by atoms with van der Waals surface area (Å²) >= 11 is 0. The first-order valence-corrected chi connectivity index (χ1v) is 5.02. The largest absolute Gasteiger partial charge is 0.506 e. The molecule has 0 aromatic carbocycles. The van der Waals surface area contributed by atoms with Crippen molar-refractivity contribution < 1.29 is 5.11 Å². The van der Waals surface area contributed by atoms with Crippen LogP contribution in [0, 0.1) is 0 Å². The van der Waals surface area contributed by atoms with E-state index in [1.807, 2.05) is 11.6 Å². The van der Waals surface area contributed by atoms with Gasteiger partial charge in [-0.3, -0.25) is 4.98 Å². The Hall–Kier alpha value is -2.50. The van der Waals surface area contributed by atoms with E-state index in [9.17, 15) is 5.11 Å². The number of hydrogen-bond acceptors (Lipinski definition) is 5. The Labute approximate surface area is 96.6 Å². The third kappa shape index (κ3) is 1.59. The SMILES string of the molecule is Cn1cnc2nc(-c3cncc(O)c3)ncc21. The van der Waals surface area contributed by atoms with Gasteiger partial charge >= 0.3 is 0 Å². The predicted octanol–water partition coefficient (Wildman–Crippen LogP) is 1.13. The molecular weight excluding hydrogens is 218 g/mol. The summed E-state index contributed by atoms with van der Waals surface area (Å²) in [5, 5.41) is 9.35. The van der Waals surface area contributed by atoms with Gasteiger partial charge in [-0.05, 0) is 6.07 Å². The van der Waals surface area contributed by atoms with Gasteiger partial charge in [-0.1, -0.05) is 0 Å². The molecule has 0 saturated carbocycles. The third-order valence-electron chi connectivity index (χ3n) is 2.47. The first-order chi connectivity index (χ1) is 8.24. The second-order valence-corrected chi connectivity index (χ2v) is 3.69. The molecule has 3 aromatic rings. The topological polar surface area (TPSA) is 76.7 Å². The molecule has 0 aliphatic carbocycles. The van der Waals surface area contributed by atoms with E-state index in [4.69, 9.17) is 0 Å². The van der Waals surface area contributed by atoms with E-state index in [2.05, 4.69) is 19.9 Å². The van der Waals surface area contributed by atoms with Crippen molar-refractivity contribution in [3.63, 3.8) is 0 Å². The number of pyridine rings is 1. The Bertz CT molecular complexity index is 691. The fourth-order valence-electron chi connectivity index (χ4n) is 1.60. The Morgan fingerprint density at radius 3 is 2.88 bits per heavy atom. The van der Waals surface area contributed by atoms with Gasteiger partial charge in [0.15, 0.2) is 11.5 Å². The zero-order valence-corrected chi connectivity index (χ0v) is 9.07. The van der Waals surface area contributed by atoms with Gasteiger partial charge < -0.3 is 9.67 Å². The zero-order chi connectivity index (χ0) is 11.8. The average Bonchev–Trinajstić information content (AvgIpc) is 2.71. The van der Waals surface area contributed by atoms with Crippen LogP contribution in [0.2, 0.25) is 0 Å². The lowest BCUT2D eigenvalue weighted by molar-refractivity contribution is 0.473. The van der Waals surface area contributed by atoms with Gasteiger partial charge in [0.25, 0.3) is 0 Å². The maximum absolute atomic E-state index is 9.35. The molecule has 6 nitrogen and oxygen atoms in total. The fourth-order valence-corrected chi connectivity index (χ4v) is 1.60. The van der Waals surface area contributed by atoms with Crippen LogP contribution in [-0.2, 0) is 7.05 Å². The van der Waals surface area contributed by atoms with E-state index in [-0.39, 0.29) is 5.75 Å². The molecule has 17 heavy (non-hydrogen) atoms. The first kappa shape index (κ1) is 9.71. The number of aromatic nitrogens is 5. The van der Waals surface area contributed by atoms with Gasteiger partial charge in [0, 0.05) is 18.8 Å². The number of aromatic hydroxyl groups is 1. The summed E-state index contributed by atoms with van der Waals surface area (Å²) < 4.78 is 1.85. The summed E-state index contributed by atoms with van der Waals surface area (Å²) in [7, 11) is 1.88. The number of rotatable bonds is 1. The second kappa shape index (κ2) is 3.51. The standard InChI is InChI=1S/C11H9N5O/c1-16-6-14-11-9(16)5-13-10(15-11)7-2-8(17)4-12-3-7/h2-6,17H,1H3. The van der Waals surface area contributed by atoms with Crippen molar-refractivity contribution in [1.82, 2.24) is 24.5 Å². The smallest absolute Gasteiger partial charge is 0.181 e. The highest BCUT2D eigenvalue weighted by molar-refractivity contribution is 5.72. The van der Waals surface area contributed by atoms with Gasteiger partial charge in [0.1, 0.15) is 11.3 Å². The minimum atomic E-state index is 0.0900. The second-order valence-electron chi connectivity index (χ2n) is 3.69. The lowest BCUT2D eigenvalue weighted by Gasteiger charge is -2.00. The molecule has 3 rings (SSSR count). The van der Waals surface area contributed by atoms with Gasteiger partial charge in [-0.2, -0.15) is 0 Å². The molecule has 3 heterocycles. The van der Waals surface area contributed by atoms with Crippen molar-refractivity contribution in [1.29, 1.82) is 0 Å². The van der Waals surface area contributed by atoms with Crippen molar-refractivity contribution in [2.24, 2.45) is 7.05 Å². The van der Waals surface area contributed by atoms with E-state index >= 15 is 0 Å². The minimum absolute atomic E-state index is 0.0900. The lowest BCUT2D eigenvalue weighted by atomic mass is 10.2. The number of nitrogens with zero attached hydrogens (tertiary/aromatic N) is 5. The average molecular weight is 227 g/mol. The summed E-state index contributed by atoms with van der Waals surface area (Å²) in [6.45, 7) is 0. The van der Waals surface area contributed by atoms with Gasteiger partial charge in [-0.25, -0.2) is 15.0 Å². The molecule has 0 aliphatic heterocycles. The normalized spacial score (nSPS) is 10.9. The molecule has 1 N–H and O–H groups in total. The highest BCUT2D eigenvalue weighted by atomic mass is 16.3. The maximum atomic E-state index is 9.35. The van der Waals surface area contributed by atoms with E-state index in [0.29, 0.717) is 17.0 Å². The maximum Gasteiger partial charge on any atom is 0.181 e. The van der Waals surface area contributed by atoms with Gasteiger partial charge in [-0.15, -0.1) is 0 Å². The van der Waals surface area contributed by atoms with Crippen LogP contribution in [0.25, 0.3) is 22.6 Å².